The Bertz CT molecular complexity index is 964. The Balaban J connectivity index is 1.46. The van der Waals surface area contributed by atoms with Crippen molar-refractivity contribution in [1.82, 2.24) is 25.3 Å². The maximum atomic E-state index is 12.8. The van der Waals surface area contributed by atoms with Crippen LogP contribution in [0, 0.1) is 0 Å². The molecular weight excluding hydrogens is 354 g/mol. The van der Waals surface area contributed by atoms with E-state index >= 15 is 0 Å². The van der Waals surface area contributed by atoms with Gasteiger partial charge < -0.3 is 16.0 Å². The summed E-state index contributed by atoms with van der Waals surface area (Å²) >= 11 is 0. The first-order valence-electron chi connectivity index (χ1n) is 9.20. The van der Waals surface area contributed by atoms with Gasteiger partial charge in [0.15, 0.2) is 5.82 Å². The smallest absolute Gasteiger partial charge is 0.251 e. The molecule has 0 spiro atoms. The van der Waals surface area contributed by atoms with Crippen LogP contribution in [-0.2, 0) is 0 Å². The summed E-state index contributed by atoms with van der Waals surface area (Å²) < 4.78 is 0. The molecule has 1 saturated heterocycles. The Morgan fingerprint density at radius 3 is 2.93 bits per heavy atom. The maximum absolute atomic E-state index is 12.8. The minimum Gasteiger partial charge on any atom is -0.384 e. The van der Waals surface area contributed by atoms with Crippen molar-refractivity contribution in [2.45, 2.75) is 18.9 Å². The number of piperidine rings is 1. The van der Waals surface area contributed by atoms with E-state index in [1.54, 1.807) is 43.0 Å². The molecule has 8 heteroatoms. The molecule has 0 aliphatic carbocycles. The first-order valence-corrected chi connectivity index (χ1v) is 9.20. The summed E-state index contributed by atoms with van der Waals surface area (Å²) in [6, 6.07) is 8.94. The van der Waals surface area contributed by atoms with E-state index in [0.29, 0.717) is 23.8 Å². The van der Waals surface area contributed by atoms with E-state index in [1.807, 2.05) is 12.1 Å². The maximum Gasteiger partial charge on any atom is 0.251 e. The quantitative estimate of drug-likeness (QED) is 0.717. The summed E-state index contributed by atoms with van der Waals surface area (Å²) in [5, 5.41) is 3.13. The van der Waals surface area contributed by atoms with Crippen LogP contribution < -0.4 is 16.0 Å². The van der Waals surface area contributed by atoms with Crippen LogP contribution in [0.4, 0.5) is 11.6 Å². The highest BCUT2D eigenvalue weighted by molar-refractivity contribution is 5.95. The molecule has 2 aromatic heterocycles. The van der Waals surface area contributed by atoms with Crippen LogP contribution in [0.2, 0.25) is 0 Å². The lowest BCUT2D eigenvalue weighted by molar-refractivity contribution is 0.0933. The lowest BCUT2D eigenvalue weighted by atomic mass is 10.0. The van der Waals surface area contributed by atoms with Gasteiger partial charge in [0, 0.05) is 48.8 Å². The van der Waals surface area contributed by atoms with Gasteiger partial charge in [-0.2, -0.15) is 0 Å². The van der Waals surface area contributed by atoms with Gasteiger partial charge in [-0.3, -0.25) is 9.78 Å². The second-order valence-electron chi connectivity index (χ2n) is 6.71. The molecule has 1 aliphatic rings. The third-order valence-corrected chi connectivity index (χ3v) is 4.69. The van der Waals surface area contributed by atoms with E-state index in [2.05, 4.69) is 30.2 Å². The molecule has 8 nitrogen and oxygen atoms in total. The highest BCUT2D eigenvalue weighted by Gasteiger charge is 2.23. The van der Waals surface area contributed by atoms with Crippen LogP contribution in [0.15, 0.2) is 55.1 Å². The molecule has 142 valence electrons. The second-order valence-corrected chi connectivity index (χ2v) is 6.71. The van der Waals surface area contributed by atoms with Gasteiger partial charge in [-0.05, 0) is 31.0 Å². The fraction of sp³-hybridized carbons (Fsp3) is 0.250. The molecule has 1 fully saturated rings. The molecule has 3 aromatic rings. The predicted octanol–water partition coefficient (Wildman–Crippen LogP) is 1.91. The zero-order valence-electron chi connectivity index (χ0n) is 15.3. The predicted molar refractivity (Wildman–Crippen MR) is 107 cm³/mol. The Morgan fingerprint density at radius 1 is 1.18 bits per heavy atom. The number of carbonyl (C=O) groups is 1. The van der Waals surface area contributed by atoms with Crippen molar-refractivity contribution >= 4 is 17.5 Å². The van der Waals surface area contributed by atoms with E-state index in [1.165, 1.54) is 0 Å². The number of hydrogen-bond acceptors (Lipinski definition) is 7. The number of aromatic nitrogens is 4. The van der Waals surface area contributed by atoms with E-state index in [9.17, 15) is 4.79 Å². The van der Waals surface area contributed by atoms with Crippen molar-refractivity contribution in [3.8, 4) is 11.4 Å². The summed E-state index contributed by atoms with van der Waals surface area (Å²) in [6.07, 6.45) is 8.61. The highest BCUT2D eigenvalue weighted by Crippen LogP contribution is 2.19. The van der Waals surface area contributed by atoms with Gasteiger partial charge in [0.25, 0.3) is 5.91 Å². The number of nitrogen functional groups attached to an aromatic ring is 1. The average molecular weight is 375 g/mol. The molecule has 1 amide bonds. The van der Waals surface area contributed by atoms with Gasteiger partial charge in [-0.25, -0.2) is 15.0 Å². The van der Waals surface area contributed by atoms with Gasteiger partial charge in [-0.1, -0.05) is 12.1 Å². The summed E-state index contributed by atoms with van der Waals surface area (Å²) in [4.78, 5) is 31.9. The minimum atomic E-state index is -0.114. The van der Waals surface area contributed by atoms with Crippen molar-refractivity contribution in [2.75, 3.05) is 23.7 Å². The summed E-state index contributed by atoms with van der Waals surface area (Å²) in [6.45, 7) is 1.62. The fourth-order valence-electron chi connectivity index (χ4n) is 3.34. The lowest BCUT2D eigenvalue weighted by Crippen LogP contribution is -2.48. The SMILES string of the molecule is Nc1ccnc(-c2cccc(C(=O)N[C@H]3CCCN(c4cnccn4)C3)c2)n1. The lowest BCUT2D eigenvalue weighted by Gasteiger charge is -2.33. The molecule has 28 heavy (non-hydrogen) atoms. The zero-order chi connectivity index (χ0) is 19.3. The largest absolute Gasteiger partial charge is 0.384 e. The van der Waals surface area contributed by atoms with Crippen LogP contribution in [0.5, 0.6) is 0 Å². The number of hydrogen-bond donors (Lipinski definition) is 2. The van der Waals surface area contributed by atoms with Crippen molar-refractivity contribution < 1.29 is 4.79 Å². The number of nitrogens with one attached hydrogen (secondary N) is 1. The molecule has 3 N–H and O–H groups in total. The molecule has 1 atom stereocenters. The van der Waals surface area contributed by atoms with Gasteiger partial charge >= 0.3 is 0 Å². The molecular formula is C20H21N7O. The first-order chi connectivity index (χ1) is 13.7. The van der Waals surface area contributed by atoms with E-state index in [4.69, 9.17) is 5.73 Å². The Morgan fingerprint density at radius 2 is 2.11 bits per heavy atom. The van der Waals surface area contributed by atoms with E-state index in [-0.39, 0.29) is 11.9 Å². The number of nitrogens with two attached hydrogens (primary N) is 1. The monoisotopic (exact) mass is 375 g/mol. The number of rotatable bonds is 4. The number of carbonyl (C=O) groups excluding carboxylic acids is 1. The molecule has 0 bridgehead atoms. The van der Waals surface area contributed by atoms with Crippen molar-refractivity contribution in [2.24, 2.45) is 0 Å². The minimum absolute atomic E-state index is 0.0514. The third-order valence-electron chi connectivity index (χ3n) is 4.69. The van der Waals surface area contributed by atoms with Gasteiger partial charge in [0.1, 0.15) is 11.6 Å². The summed E-state index contributed by atoms with van der Waals surface area (Å²) in [5.74, 6) is 1.62. The van der Waals surface area contributed by atoms with Crippen LogP contribution in [0.1, 0.15) is 23.2 Å². The standard InChI is InChI=1S/C20H21N7O/c21-17-6-7-24-19(26-17)14-3-1-4-15(11-14)20(28)25-16-5-2-10-27(13-16)18-12-22-8-9-23-18/h1,3-4,6-9,11-12,16H,2,5,10,13H2,(H,25,28)(H2,21,24,26)/t16-/m0/s1. The zero-order valence-corrected chi connectivity index (χ0v) is 15.3. The van der Waals surface area contributed by atoms with Gasteiger partial charge in [0.2, 0.25) is 0 Å². The number of nitrogens with zero attached hydrogens (tertiary/aromatic N) is 5. The number of benzene rings is 1. The Hall–Kier alpha value is -3.55. The van der Waals surface area contributed by atoms with Crippen LogP contribution in [-0.4, -0.2) is 45.0 Å². The number of anilines is 2. The Labute approximate surface area is 162 Å². The second kappa shape index (κ2) is 7.99. The summed E-state index contributed by atoms with van der Waals surface area (Å²) in [5.41, 5.74) is 7.06. The number of amides is 1. The molecule has 0 saturated carbocycles. The van der Waals surface area contributed by atoms with Crippen LogP contribution in [0.25, 0.3) is 11.4 Å². The fourth-order valence-corrected chi connectivity index (χ4v) is 3.34. The first kappa shape index (κ1) is 17.8. The normalized spacial score (nSPS) is 16.6. The molecule has 3 heterocycles. The van der Waals surface area contributed by atoms with Gasteiger partial charge in [0.05, 0.1) is 6.20 Å². The highest BCUT2D eigenvalue weighted by atomic mass is 16.1. The van der Waals surface area contributed by atoms with Crippen LogP contribution >= 0.6 is 0 Å². The molecule has 1 aliphatic heterocycles. The molecule has 4 rings (SSSR count). The summed E-state index contributed by atoms with van der Waals surface area (Å²) in [7, 11) is 0. The van der Waals surface area contributed by atoms with Crippen molar-refractivity contribution in [3.63, 3.8) is 0 Å². The average Bonchev–Trinajstić information content (AvgIpc) is 2.75. The Kier molecular flexibility index (Phi) is 5.09. The van der Waals surface area contributed by atoms with Crippen LogP contribution in [0.3, 0.4) is 0 Å². The van der Waals surface area contributed by atoms with E-state index < -0.39 is 0 Å². The van der Waals surface area contributed by atoms with Crippen molar-refractivity contribution in [1.29, 1.82) is 0 Å². The third kappa shape index (κ3) is 4.06. The topological polar surface area (TPSA) is 110 Å². The van der Waals surface area contributed by atoms with Gasteiger partial charge in [-0.15, -0.1) is 0 Å². The van der Waals surface area contributed by atoms with E-state index in [0.717, 1.165) is 30.8 Å². The molecule has 1 aromatic carbocycles. The van der Waals surface area contributed by atoms with Crippen molar-refractivity contribution in [3.05, 3.63) is 60.7 Å². The molecule has 0 unspecified atom stereocenters. The molecule has 0 radical (unpaired) electrons.